The first-order chi connectivity index (χ1) is 9.54. The lowest BCUT2D eigenvalue weighted by atomic mass is 10.0. The Morgan fingerprint density at radius 2 is 2.25 bits per heavy atom. The van der Waals surface area contributed by atoms with Crippen molar-refractivity contribution < 1.29 is 4.39 Å². The van der Waals surface area contributed by atoms with Gasteiger partial charge in [-0.15, -0.1) is 0 Å². The number of hydrogen-bond acceptors (Lipinski definition) is 3. The van der Waals surface area contributed by atoms with Gasteiger partial charge in [0.05, 0.1) is 22.6 Å². The van der Waals surface area contributed by atoms with Crippen LogP contribution in [0.25, 0.3) is 0 Å². The van der Waals surface area contributed by atoms with Gasteiger partial charge in [-0.05, 0) is 19.5 Å². The Morgan fingerprint density at radius 3 is 2.80 bits per heavy atom. The number of likely N-dealkylation sites (N-methyl/N-ethyl adjacent to an activating group) is 1. The molecule has 6 heteroatoms. The highest BCUT2D eigenvalue weighted by atomic mass is 35.5. The second kappa shape index (κ2) is 6.33. The zero-order chi connectivity index (χ0) is 14.7. The predicted octanol–water partition coefficient (Wildman–Crippen LogP) is 2.81. The molecule has 0 aliphatic rings. The van der Waals surface area contributed by atoms with Crippen molar-refractivity contribution in [3.05, 3.63) is 46.3 Å². The van der Waals surface area contributed by atoms with E-state index < -0.39 is 0 Å². The van der Waals surface area contributed by atoms with E-state index in [2.05, 4.69) is 15.4 Å². The van der Waals surface area contributed by atoms with Gasteiger partial charge in [-0.1, -0.05) is 18.5 Å². The first-order valence-electron chi connectivity index (χ1n) is 6.55. The maximum Gasteiger partial charge on any atom is 0.146 e. The second-order valence-corrected chi connectivity index (χ2v) is 5.06. The third kappa shape index (κ3) is 2.99. The molecule has 2 heterocycles. The zero-order valence-electron chi connectivity index (χ0n) is 11.8. The van der Waals surface area contributed by atoms with Gasteiger partial charge in [0.25, 0.3) is 0 Å². The molecular formula is C14H18ClFN4. The molecule has 0 saturated carbocycles. The Bertz CT molecular complexity index is 597. The Hall–Kier alpha value is -1.46. The molecule has 0 radical (unpaired) electrons. The van der Waals surface area contributed by atoms with E-state index in [9.17, 15) is 4.39 Å². The molecule has 0 amide bonds. The largest absolute Gasteiger partial charge is 0.310 e. The van der Waals surface area contributed by atoms with Crippen LogP contribution in [0.3, 0.4) is 0 Å². The molecule has 0 aliphatic carbocycles. The van der Waals surface area contributed by atoms with Crippen LogP contribution in [0.4, 0.5) is 4.39 Å². The predicted molar refractivity (Wildman–Crippen MR) is 77.3 cm³/mol. The van der Waals surface area contributed by atoms with Gasteiger partial charge in [-0.2, -0.15) is 5.10 Å². The smallest absolute Gasteiger partial charge is 0.146 e. The number of nitrogens with one attached hydrogen (secondary N) is 1. The van der Waals surface area contributed by atoms with Gasteiger partial charge >= 0.3 is 0 Å². The molecule has 2 aromatic rings. The summed E-state index contributed by atoms with van der Waals surface area (Å²) in [7, 11) is 1.85. The van der Waals surface area contributed by atoms with Crippen LogP contribution in [0.1, 0.15) is 29.9 Å². The summed E-state index contributed by atoms with van der Waals surface area (Å²) in [6, 6.07) is 1.54. The summed E-state index contributed by atoms with van der Waals surface area (Å²) in [5, 5.41) is 8.22. The van der Waals surface area contributed by atoms with Gasteiger partial charge in [0.1, 0.15) is 5.82 Å². The normalized spacial score (nSPS) is 12.7. The maximum atomic E-state index is 13.9. The highest BCUT2D eigenvalue weighted by Gasteiger charge is 2.20. The quantitative estimate of drug-likeness (QED) is 0.922. The molecule has 0 spiro atoms. The first kappa shape index (κ1) is 14.9. The molecule has 2 rings (SSSR count). The molecule has 2 aromatic heterocycles. The Balaban J connectivity index is 2.33. The van der Waals surface area contributed by atoms with Gasteiger partial charge < -0.3 is 5.32 Å². The van der Waals surface area contributed by atoms with Gasteiger partial charge in [-0.25, -0.2) is 4.39 Å². The van der Waals surface area contributed by atoms with Crippen LogP contribution in [0.2, 0.25) is 5.02 Å². The van der Waals surface area contributed by atoms with Crippen molar-refractivity contribution in [2.45, 2.75) is 26.3 Å². The van der Waals surface area contributed by atoms with Crippen molar-refractivity contribution in [3.63, 3.8) is 0 Å². The SMILES string of the molecule is CCNC(Cc1c(Cl)c(C)nn1C)c1ccncc1F. The number of rotatable bonds is 5. The van der Waals surface area contributed by atoms with Gasteiger partial charge in [0.15, 0.2) is 0 Å². The summed E-state index contributed by atoms with van der Waals surface area (Å²) in [5.74, 6) is -0.312. The third-order valence-corrected chi connectivity index (χ3v) is 3.78. The van der Waals surface area contributed by atoms with Crippen molar-refractivity contribution >= 4 is 11.6 Å². The fourth-order valence-corrected chi connectivity index (χ4v) is 2.54. The molecule has 0 aromatic carbocycles. The highest BCUT2D eigenvalue weighted by Crippen LogP contribution is 2.26. The molecule has 0 fully saturated rings. The standard InChI is InChI=1S/C14H18ClFN4/c1-4-18-12(10-5-6-17-8-11(10)16)7-13-14(15)9(2)19-20(13)3/h5-6,8,12,18H,4,7H2,1-3H3. The monoisotopic (exact) mass is 296 g/mol. The van der Waals surface area contributed by atoms with Crippen LogP contribution in [0.5, 0.6) is 0 Å². The molecule has 4 nitrogen and oxygen atoms in total. The number of aryl methyl sites for hydroxylation is 2. The van der Waals surface area contributed by atoms with Crippen molar-refractivity contribution in [3.8, 4) is 0 Å². The molecule has 0 bridgehead atoms. The lowest BCUT2D eigenvalue weighted by Crippen LogP contribution is -2.25. The summed E-state index contributed by atoms with van der Waals surface area (Å²) < 4.78 is 15.7. The molecule has 1 N–H and O–H groups in total. The van der Waals surface area contributed by atoms with E-state index in [1.807, 2.05) is 20.9 Å². The van der Waals surface area contributed by atoms with E-state index in [0.29, 0.717) is 17.0 Å². The van der Waals surface area contributed by atoms with E-state index in [4.69, 9.17) is 11.6 Å². The van der Waals surface area contributed by atoms with Crippen molar-refractivity contribution in [1.82, 2.24) is 20.1 Å². The number of halogens is 2. The van der Waals surface area contributed by atoms with Crippen LogP contribution in [0.15, 0.2) is 18.5 Å². The van der Waals surface area contributed by atoms with Gasteiger partial charge in [-0.3, -0.25) is 9.67 Å². The molecule has 0 aliphatic heterocycles. The fourth-order valence-electron chi connectivity index (χ4n) is 2.30. The van der Waals surface area contributed by atoms with E-state index in [0.717, 1.165) is 17.9 Å². The van der Waals surface area contributed by atoms with E-state index in [1.54, 1.807) is 16.9 Å². The minimum absolute atomic E-state index is 0.157. The molecule has 20 heavy (non-hydrogen) atoms. The minimum atomic E-state index is -0.312. The number of aromatic nitrogens is 3. The summed E-state index contributed by atoms with van der Waals surface area (Å²) >= 11 is 6.27. The van der Waals surface area contributed by atoms with Crippen LogP contribution in [0, 0.1) is 12.7 Å². The highest BCUT2D eigenvalue weighted by molar-refractivity contribution is 6.31. The number of nitrogens with zero attached hydrogens (tertiary/aromatic N) is 3. The van der Waals surface area contributed by atoms with E-state index >= 15 is 0 Å². The molecular weight excluding hydrogens is 279 g/mol. The average Bonchev–Trinajstić information content (AvgIpc) is 2.65. The van der Waals surface area contributed by atoms with Crippen molar-refractivity contribution in [1.29, 1.82) is 0 Å². The van der Waals surface area contributed by atoms with Crippen LogP contribution in [-0.2, 0) is 13.5 Å². The molecule has 0 saturated heterocycles. The average molecular weight is 297 g/mol. The summed E-state index contributed by atoms with van der Waals surface area (Å²) in [4.78, 5) is 3.79. The second-order valence-electron chi connectivity index (χ2n) is 4.68. The topological polar surface area (TPSA) is 42.7 Å². The molecule has 1 atom stereocenters. The Morgan fingerprint density at radius 1 is 1.50 bits per heavy atom. The number of hydrogen-bond donors (Lipinski definition) is 1. The van der Waals surface area contributed by atoms with Gasteiger partial charge in [0.2, 0.25) is 0 Å². The van der Waals surface area contributed by atoms with Crippen LogP contribution >= 0.6 is 11.6 Å². The zero-order valence-corrected chi connectivity index (χ0v) is 12.6. The molecule has 1 unspecified atom stereocenters. The van der Waals surface area contributed by atoms with Crippen LogP contribution < -0.4 is 5.32 Å². The van der Waals surface area contributed by atoms with Crippen molar-refractivity contribution in [2.75, 3.05) is 6.54 Å². The Labute approximate surface area is 123 Å². The van der Waals surface area contributed by atoms with Crippen LogP contribution in [-0.4, -0.2) is 21.3 Å². The minimum Gasteiger partial charge on any atom is -0.310 e. The maximum absolute atomic E-state index is 13.9. The summed E-state index contributed by atoms with van der Waals surface area (Å²) in [6.07, 6.45) is 3.40. The van der Waals surface area contributed by atoms with Crippen molar-refractivity contribution in [2.24, 2.45) is 7.05 Å². The summed E-state index contributed by atoms with van der Waals surface area (Å²) in [6.45, 7) is 4.59. The third-order valence-electron chi connectivity index (χ3n) is 3.29. The molecule has 108 valence electrons. The fraction of sp³-hybridized carbons (Fsp3) is 0.429. The lowest BCUT2D eigenvalue weighted by molar-refractivity contribution is 0.495. The van der Waals surface area contributed by atoms with E-state index in [1.165, 1.54) is 6.20 Å². The van der Waals surface area contributed by atoms with E-state index in [-0.39, 0.29) is 11.9 Å². The Kier molecular flexibility index (Phi) is 4.73. The number of pyridine rings is 1. The van der Waals surface area contributed by atoms with Gasteiger partial charge in [0, 0.05) is 31.3 Å². The summed E-state index contributed by atoms with van der Waals surface area (Å²) in [5.41, 5.74) is 2.28. The first-order valence-corrected chi connectivity index (χ1v) is 6.93. The lowest BCUT2D eigenvalue weighted by Gasteiger charge is -2.19.